The van der Waals surface area contributed by atoms with Crippen LogP contribution in [0.4, 0.5) is 0 Å². The van der Waals surface area contributed by atoms with Gasteiger partial charge in [-0.1, -0.05) is 6.07 Å². The number of thiophene rings is 1. The van der Waals surface area contributed by atoms with Crippen molar-refractivity contribution in [2.24, 2.45) is 0 Å². The molecular formula is C8H5N3S2. The lowest BCUT2D eigenvalue weighted by atomic mass is 10.5. The van der Waals surface area contributed by atoms with Crippen LogP contribution in [0.15, 0.2) is 29.9 Å². The lowest BCUT2D eigenvalue weighted by Gasteiger charge is -1.83. The summed E-state index contributed by atoms with van der Waals surface area (Å²) >= 11 is 3.32. The molecule has 3 heterocycles. The Hall–Kier alpha value is -1.20. The van der Waals surface area contributed by atoms with Gasteiger partial charge in [-0.25, -0.2) is 8.77 Å². The molecule has 13 heavy (non-hydrogen) atoms. The number of fused-ring (bicyclic) bond motifs is 1. The van der Waals surface area contributed by atoms with Crippen LogP contribution in [0.5, 0.6) is 0 Å². The average molecular weight is 207 g/mol. The van der Waals surface area contributed by atoms with Crippen LogP contribution in [0.2, 0.25) is 0 Å². The molecule has 0 atom stereocenters. The topological polar surface area (TPSA) is 30.2 Å². The lowest BCUT2D eigenvalue weighted by Crippen LogP contribution is -1.70. The van der Waals surface area contributed by atoms with E-state index in [0.29, 0.717) is 0 Å². The minimum Gasteiger partial charge on any atom is -0.237 e. The first kappa shape index (κ1) is 7.23. The fourth-order valence-corrected chi connectivity index (χ4v) is 2.75. The molecule has 0 radical (unpaired) electrons. The van der Waals surface area contributed by atoms with Crippen molar-refractivity contribution in [2.75, 3.05) is 0 Å². The number of rotatable bonds is 1. The summed E-state index contributed by atoms with van der Waals surface area (Å²) < 4.78 is 1.97. The number of hydrogen-bond acceptors (Lipinski definition) is 4. The molecule has 0 spiro atoms. The van der Waals surface area contributed by atoms with Gasteiger partial charge < -0.3 is 0 Å². The molecule has 0 fully saturated rings. The van der Waals surface area contributed by atoms with Crippen LogP contribution in [0.1, 0.15) is 0 Å². The van der Waals surface area contributed by atoms with E-state index in [-0.39, 0.29) is 0 Å². The Bertz CT molecular complexity index is 492. The highest BCUT2D eigenvalue weighted by Gasteiger charge is 2.06. The second-order valence-corrected chi connectivity index (χ2v) is 4.45. The highest BCUT2D eigenvalue weighted by atomic mass is 32.1. The van der Waals surface area contributed by atoms with Gasteiger partial charge >= 0.3 is 0 Å². The van der Waals surface area contributed by atoms with E-state index in [2.05, 4.69) is 21.4 Å². The van der Waals surface area contributed by atoms with Crippen molar-refractivity contribution in [3.05, 3.63) is 29.9 Å². The van der Waals surface area contributed by atoms with Crippen molar-refractivity contribution in [2.45, 2.75) is 0 Å². The van der Waals surface area contributed by atoms with Crippen LogP contribution >= 0.6 is 22.9 Å². The Balaban J connectivity index is 2.23. The van der Waals surface area contributed by atoms with Gasteiger partial charge in [0.1, 0.15) is 0 Å². The maximum Gasteiger partial charge on any atom is 0.244 e. The minimum absolute atomic E-state index is 0.786. The van der Waals surface area contributed by atoms with Crippen LogP contribution < -0.4 is 0 Å². The van der Waals surface area contributed by atoms with Gasteiger partial charge in [0.25, 0.3) is 0 Å². The van der Waals surface area contributed by atoms with E-state index in [9.17, 15) is 0 Å². The smallest absolute Gasteiger partial charge is 0.237 e. The van der Waals surface area contributed by atoms with Gasteiger partial charge in [-0.2, -0.15) is 4.98 Å². The van der Waals surface area contributed by atoms with Crippen molar-refractivity contribution in [1.82, 2.24) is 13.8 Å². The van der Waals surface area contributed by atoms with Crippen molar-refractivity contribution < 1.29 is 0 Å². The molecular weight excluding hydrogens is 202 g/mol. The summed E-state index contributed by atoms with van der Waals surface area (Å²) in [5.74, 6) is 0.786. The van der Waals surface area contributed by atoms with Crippen LogP contribution in [-0.4, -0.2) is 13.8 Å². The second-order valence-electron chi connectivity index (χ2n) is 2.54. The van der Waals surface area contributed by atoms with Crippen LogP contribution in [-0.2, 0) is 0 Å². The maximum absolute atomic E-state index is 4.40. The van der Waals surface area contributed by atoms with Crippen molar-refractivity contribution in [3.63, 3.8) is 0 Å². The number of hydrogen-bond donors (Lipinski definition) is 0. The largest absolute Gasteiger partial charge is 0.244 e. The van der Waals surface area contributed by atoms with Gasteiger partial charge in [0, 0.05) is 12.4 Å². The first-order chi connectivity index (χ1) is 6.43. The van der Waals surface area contributed by atoms with Crippen LogP contribution in [0, 0.1) is 0 Å². The van der Waals surface area contributed by atoms with E-state index in [1.165, 1.54) is 4.88 Å². The first-order valence-electron chi connectivity index (χ1n) is 3.78. The molecule has 5 heteroatoms. The molecule has 0 N–H and O–H groups in total. The third-order valence-corrected chi connectivity index (χ3v) is 3.68. The molecule has 3 nitrogen and oxygen atoms in total. The Labute approximate surface area is 82.5 Å². The van der Waals surface area contributed by atoms with Gasteiger partial charge in [0.05, 0.1) is 4.88 Å². The first-order valence-corrected chi connectivity index (χ1v) is 5.43. The standard InChI is InChI=1S/C8H5N3S2/c1-2-6(12-5-1)7-10-8-9-3-4-11(8)13-7/h1-5H. The molecule has 3 rings (SSSR count). The third-order valence-electron chi connectivity index (χ3n) is 1.71. The Kier molecular flexibility index (Phi) is 1.47. The summed E-state index contributed by atoms with van der Waals surface area (Å²) in [7, 11) is 0. The predicted molar refractivity (Wildman–Crippen MR) is 54.2 cm³/mol. The maximum atomic E-state index is 4.40. The lowest BCUT2D eigenvalue weighted by molar-refractivity contribution is 1.28. The van der Waals surface area contributed by atoms with E-state index in [4.69, 9.17) is 0 Å². The Morgan fingerprint density at radius 1 is 1.38 bits per heavy atom. The number of imidazole rings is 1. The summed E-state index contributed by atoms with van der Waals surface area (Å²) in [5, 5.41) is 3.09. The zero-order valence-corrected chi connectivity index (χ0v) is 8.18. The summed E-state index contributed by atoms with van der Waals surface area (Å²) in [6.45, 7) is 0. The van der Waals surface area contributed by atoms with E-state index in [0.717, 1.165) is 10.8 Å². The summed E-state index contributed by atoms with van der Waals surface area (Å²) in [5.41, 5.74) is 0. The average Bonchev–Trinajstić information content (AvgIpc) is 2.78. The zero-order chi connectivity index (χ0) is 8.67. The summed E-state index contributed by atoms with van der Waals surface area (Å²) in [6.07, 6.45) is 3.68. The van der Waals surface area contributed by atoms with Gasteiger partial charge in [0.2, 0.25) is 5.78 Å². The molecule has 0 saturated heterocycles. The second kappa shape index (κ2) is 2.65. The fourth-order valence-electron chi connectivity index (χ4n) is 1.14. The van der Waals surface area contributed by atoms with E-state index in [1.54, 1.807) is 29.1 Å². The molecule has 64 valence electrons. The normalized spacial score (nSPS) is 11.1. The number of aromatic nitrogens is 3. The molecule has 0 aliphatic heterocycles. The van der Waals surface area contributed by atoms with Crippen molar-refractivity contribution >= 4 is 28.6 Å². The molecule has 3 aromatic heterocycles. The van der Waals surface area contributed by atoms with Crippen LogP contribution in [0.25, 0.3) is 15.7 Å². The SMILES string of the molecule is c1csc(-c2nc3nccn3s2)c1. The summed E-state index contributed by atoms with van der Waals surface area (Å²) in [4.78, 5) is 9.72. The zero-order valence-electron chi connectivity index (χ0n) is 6.54. The Morgan fingerprint density at radius 3 is 3.15 bits per heavy atom. The number of nitrogens with zero attached hydrogens (tertiary/aromatic N) is 3. The van der Waals surface area contributed by atoms with Gasteiger partial charge in [-0.3, -0.25) is 0 Å². The van der Waals surface area contributed by atoms with Crippen molar-refractivity contribution in [3.8, 4) is 9.88 Å². The summed E-state index contributed by atoms with van der Waals surface area (Å²) in [6, 6.07) is 4.10. The van der Waals surface area contributed by atoms with Gasteiger partial charge in [-0.15, -0.1) is 11.3 Å². The quantitative estimate of drug-likeness (QED) is 0.613. The van der Waals surface area contributed by atoms with E-state index >= 15 is 0 Å². The van der Waals surface area contributed by atoms with Crippen LogP contribution in [0.3, 0.4) is 0 Å². The van der Waals surface area contributed by atoms with Gasteiger partial charge in [0.15, 0.2) is 5.01 Å². The van der Waals surface area contributed by atoms with E-state index in [1.807, 2.05) is 16.1 Å². The molecule has 0 unspecified atom stereocenters. The Morgan fingerprint density at radius 2 is 2.38 bits per heavy atom. The monoisotopic (exact) mass is 207 g/mol. The minimum atomic E-state index is 0.786. The molecule has 0 saturated carbocycles. The molecule has 0 aliphatic carbocycles. The fraction of sp³-hybridized carbons (Fsp3) is 0. The highest BCUT2D eigenvalue weighted by molar-refractivity contribution is 7.18. The predicted octanol–water partition coefficient (Wildman–Crippen LogP) is 2.52. The third kappa shape index (κ3) is 1.08. The molecule has 0 bridgehead atoms. The molecule has 3 aromatic rings. The van der Waals surface area contributed by atoms with E-state index < -0.39 is 0 Å². The highest BCUT2D eigenvalue weighted by Crippen LogP contribution is 2.27. The van der Waals surface area contributed by atoms with Crippen molar-refractivity contribution in [1.29, 1.82) is 0 Å². The van der Waals surface area contributed by atoms with Gasteiger partial charge in [-0.05, 0) is 23.0 Å². The molecule has 0 aromatic carbocycles. The molecule has 0 amide bonds. The molecule has 0 aliphatic rings.